The number of ether oxygens (including phenoxy) is 1. The highest BCUT2D eigenvalue weighted by Gasteiger charge is 2.21. The fraction of sp³-hybridized carbons (Fsp3) is 0.647. The molecule has 2 unspecified atom stereocenters. The summed E-state index contributed by atoms with van der Waals surface area (Å²) < 4.78 is 5.72. The summed E-state index contributed by atoms with van der Waals surface area (Å²) in [6, 6.07) is 9.19. The third-order valence-electron chi connectivity index (χ3n) is 3.58. The van der Waals surface area contributed by atoms with Crippen LogP contribution in [0.4, 0.5) is 0 Å². The number of hydrogen-bond donors (Lipinski definition) is 1. The summed E-state index contributed by atoms with van der Waals surface area (Å²) in [6.45, 7) is 7.65. The Morgan fingerprint density at radius 3 is 2.53 bits per heavy atom. The first-order chi connectivity index (χ1) is 9.26. The standard InChI is InChI=1S/C17H29NO/c1-5-9-16(19-4)17(18-12-6-2)15-11-8-10-14(7-3)13-15/h8,10-11,13,16-18H,5-7,9,12H2,1-4H3. The minimum atomic E-state index is 0.253. The second-order valence-corrected chi connectivity index (χ2v) is 5.09. The van der Waals surface area contributed by atoms with Crippen molar-refractivity contribution in [2.45, 2.75) is 58.6 Å². The van der Waals surface area contributed by atoms with E-state index >= 15 is 0 Å². The lowest BCUT2D eigenvalue weighted by molar-refractivity contribution is 0.0606. The lowest BCUT2D eigenvalue weighted by Crippen LogP contribution is -2.33. The van der Waals surface area contributed by atoms with Crippen LogP contribution in [0, 0.1) is 0 Å². The fourth-order valence-corrected chi connectivity index (χ4v) is 2.48. The molecule has 1 aromatic rings. The second kappa shape index (κ2) is 9.11. The Labute approximate surface area is 118 Å². The molecule has 1 aromatic carbocycles. The second-order valence-electron chi connectivity index (χ2n) is 5.09. The van der Waals surface area contributed by atoms with E-state index in [1.807, 2.05) is 7.11 Å². The molecule has 0 amide bonds. The third-order valence-corrected chi connectivity index (χ3v) is 3.58. The Morgan fingerprint density at radius 2 is 1.95 bits per heavy atom. The predicted octanol–water partition coefficient (Wildman–Crippen LogP) is 4.10. The van der Waals surface area contributed by atoms with Crippen LogP contribution in [0.1, 0.15) is 57.2 Å². The molecule has 0 spiro atoms. The zero-order valence-corrected chi connectivity index (χ0v) is 12.9. The van der Waals surface area contributed by atoms with E-state index in [1.165, 1.54) is 11.1 Å². The van der Waals surface area contributed by atoms with Crippen molar-refractivity contribution >= 4 is 0 Å². The Balaban J connectivity index is 2.92. The van der Waals surface area contributed by atoms with Crippen LogP contribution in [0.25, 0.3) is 0 Å². The van der Waals surface area contributed by atoms with Crippen molar-refractivity contribution in [3.05, 3.63) is 35.4 Å². The summed E-state index contributed by atoms with van der Waals surface area (Å²) in [6.07, 6.45) is 4.72. The summed E-state index contributed by atoms with van der Waals surface area (Å²) in [5.41, 5.74) is 2.75. The van der Waals surface area contributed by atoms with E-state index in [9.17, 15) is 0 Å². The van der Waals surface area contributed by atoms with Gasteiger partial charge in [0.2, 0.25) is 0 Å². The summed E-state index contributed by atoms with van der Waals surface area (Å²) >= 11 is 0. The van der Waals surface area contributed by atoms with E-state index in [4.69, 9.17) is 4.74 Å². The summed E-state index contributed by atoms with van der Waals surface area (Å²) in [7, 11) is 1.82. The number of hydrogen-bond acceptors (Lipinski definition) is 2. The van der Waals surface area contributed by atoms with Gasteiger partial charge in [-0.3, -0.25) is 0 Å². The Hall–Kier alpha value is -0.860. The lowest BCUT2D eigenvalue weighted by Gasteiger charge is -2.27. The highest BCUT2D eigenvalue weighted by atomic mass is 16.5. The predicted molar refractivity (Wildman–Crippen MR) is 82.6 cm³/mol. The van der Waals surface area contributed by atoms with Crippen LogP contribution >= 0.6 is 0 Å². The van der Waals surface area contributed by atoms with Crippen molar-refractivity contribution in [2.75, 3.05) is 13.7 Å². The lowest BCUT2D eigenvalue weighted by atomic mass is 9.96. The fourth-order valence-electron chi connectivity index (χ4n) is 2.48. The van der Waals surface area contributed by atoms with Gasteiger partial charge in [0.05, 0.1) is 12.1 Å². The van der Waals surface area contributed by atoms with Gasteiger partial charge >= 0.3 is 0 Å². The van der Waals surface area contributed by atoms with Gasteiger partial charge in [0.15, 0.2) is 0 Å². The quantitative estimate of drug-likeness (QED) is 0.724. The first-order valence-corrected chi connectivity index (χ1v) is 7.61. The van der Waals surface area contributed by atoms with E-state index in [0.29, 0.717) is 6.04 Å². The highest BCUT2D eigenvalue weighted by molar-refractivity contribution is 5.27. The smallest absolute Gasteiger partial charge is 0.0765 e. The molecular weight excluding hydrogens is 234 g/mol. The van der Waals surface area contributed by atoms with Gasteiger partial charge in [-0.25, -0.2) is 0 Å². The normalized spacial score (nSPS) is 14.3. The van der Waals surface area contributed by atoms with Gasteiger partial charge in [0, 0.05) is 7.11 Å². The number of aryl methyl sites for hydroxylation is 1. The number of nitrogens with one attached hydrogen (secondary N) is 1. The molecule has 0 bridgehead atoms. The Kier molecular flexibility index (Phi) is 7.76. The van der Waals surface area contributed by atoms with Gasteiger partial charge in [-0.2, -0.15) is 0 Å². The molecule has 0 radical (unpaired) electrons. The molecule has 2 heteroatoms. The van der Waals surface area contributed by atoms with Crippen LogP contribution in [0.2, 0.25) is 0 Å². The van der Waals surface area contributed by atoms with Crippen LogP contribution < -0.4 is 5.32 Å². The van der Waals surface area contributed by atoms with Gasteiger partial charge < -0.3 is 10.1 Å². The van der Waals surface area contributed by atoms with E-state index in [2.05, 4.69) is 50.4 Å². The molecule has 19 heavy (non-hydrogen) atoms. The first-order valence-electron chi connectivity index (χ1n) is 7.61. The van der Waals surface area contributed by atoms with Gasteiger partial charge in [-0.15, -0.1) is 0 Å². The van der Waals surface area contributed by atoms with Crippen LogP contribution in [0.15, 0.2) is 24.3 Å². The van der Waals surface area contributed by atoms with Crippen molar-refractivity contribution in [1.82, 2.24) is 5.32 Å². The molecule has 0 aliphatic carbocycles. The van der Waals surface area contributed by atoms with Crippen LogP contribution in [0.5, 0.6) is 0 Å². The Bertz CT molecular complexity index is 351. The summed E-state index contributed by atoms with van der Waals surface area (Å²) in [5, 5.41) is 3.65. The van der Waals surface area contributed by atoms with Crippen molar-refractivity contribution in [1.29, 1.82) is 0 Å². The Morgan fingerprint density at radius 1 is 1.16 bits per heavy atom. The van der Waals surface area contributed by atoms with Crippen molar-refractivity contribution in [3.63, 3.8) is 0 Å². The molecule has 0 aliphatic heterocycles. The molecule has 0 heterocycles. The van der Waals surface area contributed by atoms with E-state index < -0.39 is 0 Å². The van der Waals surface area contributed by atoms with E-state index in [1.54, 1.807) is 0 Å². The first kappa shape index (κ1) is 16.2. The topological polar surface area (TPSA) is 21.3 Å². The highest BCUT2D eigenvalue weighted by Crippen LogP contribution is 2.23. The summed E-state index contributed by atoms with van der Waals surface area (Å²) in [5.74, 6) is 0. The number of methoxy groups -OCH3 is 1. The monoisotopic (exact) mass is 263 g/mol. The summed E-state index contributed by atoms with van der Waals surface area (Å²) in [4.78, 5) is 0. The SMILES string of the molecule is CCCNC(c1cccc(CC)c1)C(CCC)OC. The van der Waals surface area contributed by atoms with Crippen LogP contribution in [0.3, 0.4) is 0 Å². The molecule has 0 saturated heterocycles. The average Bonchev–Trinajstić information content (AvgIpc) is 2.46. The number of rotatable bonds is 9. The van der Waals surface area contributed by atoms with Crippen molar-refractivity contribution in [3.8, 4) is 0 Å². The van der Waals surface area contributed by atoms with Crippen molar-refractivity contribution < 1.29 is 4.74 Å². The molecule has 0 aliphatic rings. The molecular formula is C17H29NO. The maximum absolute atomic E-state index is 5.72. The molecule has 0 fully saturated rings. The van der Waals surface area contributed by atoms with Gasteiger partial charge in [-0.05, 0) is 36.9 Å². The van der Waals surface area contributed by atoms with E-state index in [-0.39, 0.29) is 6.10 Å². The third kappa shape index (κ3) is 4.96. The van der Waals surface area contributed by atoms with Gasteiger partial charge in [-0.1, -0.05) is 51.5 Å². The zero-order valence-electron chi connectivity index (χ0n) is 12.9. The maximum Gasteiger partial charge on any atom is 0.0765 e. The minimum absolute atomic E-state index is 0.253. The number of benzene rings is 1. The van der Waals surface area contributed by atoms with Gasteiger partial charge in [0.25, 0.3) is 0 Å². The zero-order chi connectivity index (χ0) is 14.1. The molecule has 2 atom stereocenters. The average molecular weight is 263 g/mol. The van der Waals surface area contributed by atoms with Crippen LogP contribution in [-0.2, 0) is 11.2 Å². The minimum Gasteiger partial charge on any atom is -0.379 e. The molecule has 1 rings (SSSR count). The molecule has 1 N–H and O–H groups in total. The molecule has 108 valence electrons. The van der Waals surface area contributed by atoms with Crippen LogP contribution in [-0.4, -0.2) is 19.8 Å². The maximum atomic E-state index is 5.72. The largest absolute Gasteiger partial charge is 0.379 e. The molecule has 2 nitrogen and oxygen atoms in total. The molecule has 0 aromatic heterocycles. The van der Waals surface area contributed by atoms with Crippen molar-refractivity contribution in [2.24, 2.45) is 0 Å². The van der Waals surface area contributed by atoms with Gasteiger partial charge in [0.1, 0.15) is 0 Å². The molecule has 0 saturated carbocycles. The van der Waals surface area contributed by atoms with E-state index in [0.717, 1.165) is 32.2 Å².